The lowest BCUT2D eigenvalue weighted by Gasteiger charge is -2.50. The number of aliphatic hydroxyl groups is 3. The largest absolute Gasteiger partial charge is 0.508 e. The Balaban J connectivity index is 1.91. The molecule has 1 amide bonds. The number of hydrogen-bond donors (Lipinski definition) is 6. The van der Waals surface area contributed by atoms with Crippen LogP contribution in [0, 0.1) is 17.3 Å². The van der Waals surface area contributed by atoms with E-state index < -0.39 is 58.0 Å². The monoisotopic (exact) mass is 555 g/mol. The number of aromatic hydroxyl groups is 1. The molecule has 3 aliphatic carbocycles. The summed E-state index contributed by atoms with van der Waals surface area (Å²) in [6, 6.07) is 0.832. The maximum absolute atomic E-state index is 14.0. The number of fused-ring (bicyclic) bond motifs is 3. The summed E-state index contributed by atoms with van der Waals surface area (Å²) in [6.45, 7) is 9.54. The van der Waals surface area contributed by atoms with Gasteiger partial charge >= 0.3 is 0 Å². The molecule has 0 spiro atoms. The molecule has 0 saturated heterocycles. The molecule has 1 saturated carbocycles. The highest BCUT2D eigenvalue weighted by Gasteiger charge is 2.64. The van der Waals surface area contributed by atoms with Crippen LogP contribution in [0.1, 0.15) is 62.8 Å². The van der Waals surface area contributed by atoms with Gasteiger partial charge in [-0.1, -0.05) is 40.2 Å². The van der Waals surface area contributed by atoms with Crippen LogP contribution in [0.2, 0.25) is 0 Å². The Morgan fingerprint density at radius 1 is 1.18 bits per heavy atom. The predicted molar refractivity (Wildman–Crippen MR) is 149 cm³/mol. The van der Waals surface area contributed by atoms with Crippen LogP contribution in [0.4, 0.5) is 0 Å². The number of benzene rings is 1. The second kappa shape index (κ2) is 10.3. The fourth-order valence-corrected chi connectivity index (χ4v) is 6.64. The van der Waals surface area contributed by atoms with Crippen molar-refractivity contribution >= 4 is 23.2 Å². The van der Waals surface area contributed by atoms with E-state index in [1.807, 2.05) is 13.0 Å². The van der Waals surface area contributed by atoms with Crippen molar-refractivity contribution in [3.05, 3.63) is 45.2 Å². The molecule has 0 aromatic heterocycles. The zero-order chi connectivity index (χ0) is 29.9. The Morgan fingerprint density at radius 3 is 2.38 bits per heavy atom. The van der Waals surface area contributed by atoms with Gasteiger partial charge in [-0.15, -0.1) is 0 Å². The zero-order valence-electron chi connectivity index (χ0n) is 24.1. The Kier molecular flexibility index (Phi) is 7.68. The molecule has 0 radical (unpaired) electrons. The third kappa shape index (κ3) is 4.61. The zero-order valence-corrected chi connectivity index (χ0v) is 24.1. The Bertz CT molecular complexity index is 1340. The number of amides is 1. The van der Waals surface area contributed by atoms with Crippen molar-refractivity contribution in [3.8, 4) is 5.75 Å². The van der Waals surface area contributed by atoms with Gasteiger partial charge in [0.2, 0.25) is 5.78 Å². The summed E-state index contributed by atoms with van der Waals surface area (Å²) < 4.78 is 0. The highest BCUT2D eigenvalue weighted by Crippen LogP contribution is 2.53. The quantitative estimate of drug-likeness (QED) is 0.275. The fourth-order valence-electron chi connectivity index (χ4n) is 6.64. The highest BCUT2D eigenvalue weighted by atomic mass is 16.3. The van der Waals surface area contributed by atoms with Crippen molar-refractivity contribution in [3.63, 3.8) is 0 Å². The average molecular weight is 556 g/mol. The molecule has 7 N–H and O–H groups in total. The smallest absolute Gasteiger partial charge is 0.255 e. The van der Waals surface area contributed by atoms with E-state index in [9.17, 15) is 34.8 Å². The Morgan fingerprint density at radius 2 is 1.82 bits per heavy atom. The van der Waals surface area contributed by atoms with E-state index in [1.165, 1.54) is 4.90 Å². The van der Waals surface area contributed by atoms with E-state index in [1.54, 1.807) is 14.1 Å². The second-order valence-corrected chi connectivity index (χ2v) is 12.8. The van der Waals surface area contributed by atoms with Gasteiger partial charge in [-0.3, -0.25) is 19.3 Å². The lowest BCUT2D eigenvalue weighted by Crippen LogP contribution is -2.65. The number of hydrogen-bond acceptors (Lipinski definition) is 9. The number of rotatable bonds is 7. The molecule has 0 bridgehead atoms. The maximum Gasteiger partial charge on any atom is 0.255 e. The minimum Gasteiger partial charge on any atom is -0.508 e. The summed E-state index contributed by atoms with van der Waals surface area (Å²) in [5, 5.41) is 49.0. The molecule has 4 unspecified atom stereocenters. The molecule has 218 valence electrons. The van der Waals surface area contributed by atoms with E-state index in [0.717, 1.165) is 18.5 Å². The lowest BCUT2D eigenvalue weighted by molar-refractivity contribution is -0.153. The molecule has 1 fully saturated rings. The fraction of sp³-hybridized carbons (Fsp3) is 0.567. The van der Waals surface area contributed by atoms with Gasteiger partial charge < -0.3 is 31.5 Å². The number of likely N-dealkylation sites (N-methyl/N-ethyl adjacent to an activating group) is 1. The van der Waals surface area contributed by atoms with Crippen LogP contribution in [0.5, 0.6) is 5.75 Å². The molecule has 0 heterocycles. The molecule has 10 nitrogen and oxygen atoms in total. The van der Waals surface area contributed by atoms with Gasteiger partial charge in [0, 0.05) is 24.6 Å². The molecule has 40 heavy (non-hydrogen) atoms. The molecule has 3 aliphatic rings. The number of ketones is 2. The first-order valence-electron chi connectivity index (χ1n) is 13.8. The maximum atomic E-state index is 14.0. The summed E-state index contributed by atoms with van der Waals surface area (Å²) in [6.07, 6.45) is 1.64. The number of Topliss-reactive ketones (excluding diaryl/α,β-unsaturated/α-hetero) is 2. The van der Waals surface area contributed by atoms with Gasteiger partial charge in [-0.25, -0.2) is 0 Å². The number of carbonyl (C=O) groups excluding carboxylic acids is 3. The average Bonchev–Trinajstić information content (AvgIpc) is 2.83. The van der Waals surface area contributed by atoms with Crippen molar-refractivity contribution in [2.24, 2.45) is 23.0 Å². The number of nitrogens with one attached hydrogen (secondary N) is 1. The topological polar surface area (TPSA) is 173 Å². The van der Waals surface area contributed by atoms with Crippen LogP contribution >= 0.6 is 0 Å². The summed E-state index contributed by atoms with van der Waals surface area (Å²) >= 11 is 0. The van der Waals surface area contributed by atoms with Crippen molar-refractivity contribution in [1.82, 2.24) is 10.2 Å². The summed E-state index contributed by atoms with van der Waals surface area (Å²) in [4.78, 5) is 40.9. The molecular formula is C30H41N3O7. The van der Waals surface area contributed by atoms with Crippen molar-refractivity contribution in [2.45, 2.75) is 71.6 Å². The van der Waals surface area contributed by atoms with Crippen LogP contribution in [0.15, 0.2) is 23.0 Å². The molecule has 10 heteroatoms. The molecule has 1 aromatic carbocycles. The molecular weight excluding hydrogens is 514 g/mol. The van der Waals surface area contributed by atoms with Gasteiger partial charge in [0.25, 0.3) is 5.91 Å². The first kappa shape index (κ1) is 29.8. The van der Waals surface area contributed by atoms with E-state index >= 15 is 0 Å². The number of phenols is 1. The standard InChI is InChI=1S/C30H41N3O7/c1-7-8-14-9-16(12-32-13-29(2,3)4)17-10-15-11-18-22(33(5)6)25(36)21(28(31)39)27(38)30(18,40)26(37)19(15)24(35)20(17)23(14)34/h9,15,18,22,32,34-35,38,40H,7-8,10-13H2,1-6H3,(H2,31,39). The summed E-state index contributed by atoms with van der Waals surface area (Å²) in [7, 11) is 3.17. The van der Waals surface area contributed by atoms with Crippen LogP contribution in [0.3, 0.4) is 0 Å². The van der Waals surface area contributed by atoms with E-state index in [-0.39, 0.29) is 35.1 Å². The number of nitrogens with zero attached hydrogens (tertiary/aromatic N) is 1. The number of carbonyl (C=O) groups is 3. The van der Waals surface area contributed by atoms with Crippen molar-refractivity contribution < 1.29 is 34.8 Å². The van der Waals surface area contributed by atoms with Gasteiger partial charge in [0.05, 0.1) is 11.6 Å². The van der Waals surface area contributed by atoms with E-state index in [0.29, 0.717) is 24.1 Å². The minimum atomic E-state index is -2.64. The van der Waals surface area contributed by atoms with E-state index in [4.69, 9.17) is 5.73 Å². The van der Waals surface area contributed by atoms with Crippen molar-refractivity contribution in [2.75, 3.05) is 20.6 Å². The van der Waals surface area contributed by atoms with Crippen LogP contribution < -0.4 is 11.1 Å². The number of aliphatic hydroxyl groups excluding tert-OH is 2. The van der Waals surface area contributed by atoms with Crippen LogP contribution in [-0.2, 0) is 33.8 Å². The highest BCUT2D eigenvalue weighted by molar-refractivity contribution is 6.24. The third-order valence-corrected chi connectivity index (χ3v) is 8.38. The third-order valence-electron chi connectivity index (χ3n) is 8.38. The number of phenolic OH excluding ortho intramolecular Hbond substituents is 1. The molecule has 4 rings (SSSR count). The first-order chi connectivity index (χ1) is 18.6. The first-order valence-corrected chi connectivity index (χ1v) is 13.8. The Labute approximate surface area is 234 Å². The lowest BCUT2D eigenvalue weighted by atomic mass is 9.57. The van der Waals surface area contributed by atoms with Gasteiger partial charge in [0.1, 0.15) is 22.8 Å². The molecule has 0 aliphatic heterocycles. The summed E-state index contributed by atoms with van der Waals surface area (Å²) in [5.74, 6) is -6.37. The predicted octanol–water partition coefficient (Wildman–Crippen LogP) is 2.05. The number of nitrogens with two attached hydrogens (primary N) is 1. The minimum absolute atomic E-state index is 0.0344. The van der Waals surface area contributed by atoms with E-state index in [2.05, 4.69) is 26.1 Å². The number of primary amides is 1. The Hall–Kier alpha value is -3.21. The van der Waals surface area contributed by atoms with Crippen molar-refractivity contribution in [1.29, 1.82) is 0 Å². The van der Waals surface area contributed by atoms with Crippen LogP contribution in [0.25, 0.3) is 5.76 Å². The number of aryl methyl sites for hydroxylation is 1. The molecule has 4 atom stereocenters. The second-order valence-electron chi connectivity index (χ2n) is 12.8. The van der Waals surface area contributed by atoms with Gasteiger partial charge in [-0.05, 0) is 61.4 Å². The van der Waals surface area contributed by atoms with Gasteiger partial charge in [0.15, 0.2) is 11.4 Å². The van der Waals surface area contributed by atoms with Gasteiger partial charge in [-0.2, -0.15) is 0 Å². The van der Waals surface area contributed by atoms with Crippen LogP contribution in [-0.4, -0.2) is 75.1 Å². The molecule has 1 aromatic rings. The summed E-state index contributed by atoms with van der Waals surface area (Å²) in [5.41, 5.74) is 4.20. The normalized spacial score (nSPS) is 26.6. The SMILES string of the molecule is CCCc1cc(CNCC(C)(C)C)c2c(c1O)C(O)=C1C(=O)C3(O)C(O)=C(C(N)=O)C(=O)C(N(C)C)C3CC1C2.